The van der Waals surface area contributed by atoms with E-state index in [1.807, 2.05) is 18.4 Å². The van der Waals surface area contributed by atoms with Gasteiger partial charge in [0.2, 0.25) is 5.95 Å². The van der Waals surface area contributed by atoms with Crippen LogP contribution in [0.25, 0.3) is 11.2 Å². The van der Waals surface area contributed by atoms with Crippen molar-refractivity contribution in [3.63, 3.8) is 0 Å². The molecular formula is C18H25N7O2. The van der Waals surface area contributed by atoms with Crippen LogP contribution in [0.4, 0.5) is 17.5 Å². The lowest BCUT2D eigenvalue weighted by atomic mass is 10.2. The highest BCUT2D eigenvalue weighted by Gasteiger charge is 2.15. The molecule has 3 rings (SSSR count). The summed E-state index contributed by atoms with van der Waals surface area (Å²) in [5.74, 6) is 1.12. The number of aliphatic hydroxyl groups is 1. The van der Waals surface area contributed by atoms with Gasteiger partial charge < -0.3 is 31.1 Å². The number of nitrogens with one attached hydrogen (secondary N) is 2. The van der Waals surface area contributed by atoms with E-state index in [-0.39, 0.29) is 18.4 Å². The number of hydrogen-bond acceptors (Lipinski definition) is 8. The van der Waals surface area contributed by atoms with Crippen LogP contribution >= 0.6 is 0 Å². The topological polar surface area (TPSA) is 134 Å². The van der Waals surface area contributed by atoms with E-state index in [4.69, 9.17) is 5.73 Å². The zero-order valence-corrected chi connectivity index (χ0v) is 15.5. The normalized spacial score (nSPS) is 12.3. The molecular weight excluding hydrogens is 346 g/mol. The third-order valence-corrected chi connectivity index (χ3v) is 4.40. The Kier molecular flexibility index (Phi) is 5.60. The molecule has 2 heterocycles. The Morgan fingerprint density at radius 3 is 2.78 bits per heavy atom. The molecule has 1 unspecified atom stereocenters. The summed E-state index contributed by atoms with van der Waals surface area (Å²) in [6.07, 6.45) is 2.46. The van der Waals surface area contributed by atoms with E-state index in [9.17, 15) is 10.2 Å². The Bertz CT molecular complexity index is 921. The SMILES string of the molecule is CCC(CO)Nc1nc(NCc2cc(N)ccc2O)c2ncn(CC)c2n1. The van der Waals surface area contributed by atoms with Gasteiger partial charge in [0.15, 0.2) is 17.0 Å². The fraction of sp³-hybridized carbons (Fsp3) is 0.389. The van der Waals surface area contributed by atoms with Gasteiger partial charge in [0.05, 0.1) is 19.0 Å². The summed E-state index contributed by atoms with van der Waals surface area (Å²) in [6, 6.07) is 4.79. The molecule has 0 saturated heterocycles. The summed E-state index contributed by atoms with van der Waals surface area (Å²) in [7, 11) is 0. The van der Waals surface area contributed by atoms with Crippen LogP contribution in [0.1, 0.15) is 25.8 Å². The molecule has 0 saturated carbocycles. The first-order valence-corrected chi connectivity index (χ1v) is 8.97. The minimum absolute atomic E-state index is 0.00906. The second-order valence-electron chi connectivity index (χ2n) is 6.27. The Hall–Kier alpha value is -3.07. The lowest BCUT2D eigenvalue weighted by Gasteiger charge is -2.15. The Morgan fingerprint density at radius 1 is 1.26 bits per heavy atom. The first-order chi connectivity index (χ1) is 13.0. The van der Waals surface area contributed by atoms with Gasteiger partial charge in [0, 0.05) is 24.3 Å². The number of aromatic nitrogens is 4. The van der Waals surface area contributed by atoms with Gasteiger partial charge in [-0.2, -0.15) is 9.97 Å². The van der Waals surface area contributed by atoms with Gasteiger partial charge in [-0.1, -0.05) is 6.92 Å². The molecule has 9 nitrogen and oxygen atoms in total. The smallest absolute Gasteiger partial charge is 0.227 e. The number of nitrogens with two attached hydrogens (primary N) is 1. The van der Waals surface area contributed by atoms with Crippen molar-refractivity contribution >= 4 is 28.6 Å². The lowest BCUT2D eigenvalue weighted by Crippen LogP contribution is -2.24. The first-order valence-electron chi connectivity index (χ1n) is 8.97. The van der Waals surface area contributed by atoms with Crippen molar-refractivity contribution in [3.05, 3.63) is 30.1 Å². The summed E-state index contributed by atoms with van der Waals surface area (Å²) in [4.78, 5) is 13.5. The van der Waals surface area contributed by atoms with E-state index >= 15 is 0 Å². The van der Waals surface area contributed by atoms with E-state index in [2.05, 4.69) is 25.6 Å². The standard InChI is InChI=1S/C18H25N7O2/c1-3-13(9-26)22-18-23-16(15-17(24-18)25(4-2)10-21-15)20-8-11-7-12(19)5-6-14(11)27/h5-7,10,13,26-27H,3-4,8-9,19H2,1-2H3,(H2,20,22,23,24). The molecule has 0 spiro atoms. The Morgan fingerprint density at radius 2 is 2.07 bits per heavy atom. The predicted molar refractivity (Wildman–Crippen MR) is 106 cm³/mol. The predicted octanol–water partition coefficient (Wildman–Crippen LogP) is 1.93. The summed E-state index contributed by atoms with van der Waals surface area (Å²) in [5, 5.41) is 25.8. The van der Waals surface area contributed by atoms with E-state index < -0.39 is 0 Å². The largest absolute Gasteiger partial charge is 0.508 e. The number of benzene rings is 1. The summed E-state index contributed by atoms with van der Waals surface area (Å²) < 4.78 is 1.92. The lowest BCUT2D eigenvalue weighted by molar-refractivity contribution is 0.271. The van der Waals surface area contributed by atoms with Crippen molar-refractivity contribution in [1.29, 1.82) is 0 Å². The van der Waals surface area contributed by atoms with Crippen LogP contribution < -0.4 is 16.4 Å². The average Bonchev–Trinajstić information content (AvgIpc) is 3.09. The molecule has 0 bridgehead atoms. The fourth-order valence-corrected chi connectivity index (χ4v) is 2.75. The number of nitrogens with zero attached hydrogens (tertiary/aromatic N) is 4. The van der Waals surface area contributed by atoms with Crippen molar-refractivity contribution in [2.45, 2.75) is 39.4 Å². The quantitative estimate of drug-likeness (QED) is 0.299. The van der Waals surface area contributed by atoms with Gasteiger partial charge >= 0.3 is 0 Å². The van der Waals surface area contributed by atoms with Gasteiger partial charge in [0.25, 0.3) is 0 Å². The zero-order chi connectivity index (χ0) is 19.4. The number of fused-ring (bicyclic) bond motifs is 1. The fourth-order valence-electron chi connectivity index (χ4n) is 2.75. The molecule has 3 aromatic rings. The van der Waals surface area contributed by atoms with Crippen molar-refractivity contribution in [2.24, 2.45) is 0 Å². The van der Waals surface area contributed by atoms with Crippen LogP contribution in [-0.2, 0) is 13.1 Å². The van der Waals surface area contributed by atoms with Crippen molar-refractivity contribution in [2.75, 3.05) is 23.0 Å². The van der Waals surface area contributed by atoms with Gasteiger partial charge in [-0.05, 0) is 31.5 Å². The second-order valence-corrected chi connectivity index (χ2v) is 6.27. The van der Waals surface area contributed by atoms with E-state index in [0.717, 1.165) is 13.0 Å². The van der Waals surface area contributed by atoms with Gasteiger partial charge in [-0.15, -0.1) is 0 Å². The second kappa shape index (κ2) is 8.09. The number of rotatable bonds is 8. The number of phenolic OH excluding ortho intramolecular Hbond substituents is 1. The molecule has 0 aliphatic rings. The summed E-state index contributed by atoms with van der Waals surface area (Å²) in [5.41, 5.74) is 8.38. The monoisotopic (exact) mass is 371 g/mol. The zero-order valence-electron chi connectivity index (χ0n) is 15.5. The van der Waals surface area contributed by atoms with E-state index in [0.29, 0.717) is 40.7 Å². The highest BCUT2D eigenvalue weighted by atomic mass is 16.3. The Labute approximate surface area is 157 Å². The molecule has 27 heavy (non-hydrogen) atoms. The molecule has 6 N–H and O–H groups in total. The van der Waals surface area contributed by atoms with Crippen molar-refractivity contribution in [1.82, 2.24) is 19.5 Å². The van der Waals surface area contributed by atoms with Gasteiger partial charge in [0.1, 0.15) is 5.75 Å². The number of nitrogen functional groups attached to an aromatic ring is 1. The molecule has 0 radical (unpaired) electrons. The number of anilines is 3. The van der Waals surface area contributed by atoms with E-state index in [1.54, 1.807) is 24.5 Å². The van der Waals surface area contributed by atoms with E-state index in [1.165, 1.54) is 0 Å². The molecule has 0 fully saturated rings. The number of aryl methyl sites for hydroxylation is 1. The third kappa shape index (κ3) is 4.03. The number of imidazole rings is 1. The minimum Gasteiger partial charge on any atom is -0.508 e. The summed E-state index contributed by atoms with van der Waals surface area (Å²) >= 11 is 0. The number of hydrogen-bond donors (Lipinski definition) is 5. The van der Waals surface area contributed by atoms with Crippen LogP contribution in [0.3, 0.4) is 0 Å². The molecule has 1 atom stereocenters. The maximum atomic E-state index is 10.0. The first kappa shape index (κ1) is 18.7. The van der Waals surface area contributed by atoms with Crippen LogP contribution in [0.15, 0.2) is 24.5 Å². The van der Waals surface area contributed by atoms with Crippen LogP contribution in [0.2, 0.25) is 0 Å². The molecule has 144 valence electrons. The van der Waals surface area contributed by atoms with Gasteiger partial charge in [-0.25, -0.2) is 4.98 Å². The number of aliphatic hydroxyl groups excluding tert-OH is 1. The number of phenols is 1. The van der Waals surface area contributed by atoms with Crippen LogP contribution in [-0.4, -0.2) is 42.4 Å². The van der Waals surface area contributed by atoms with Crippen molar-refractivity contribution < 1.29 is 10.2 Å². The van der Waals surface area contributed by atoms with Crippen molar-refractivity contribution in [3.8, 4) is 5.75 Å². The molecule has 0 aliphatic carbocycles. The van der Waals surface area contributed by atoms with Crippen LogP contribution in [0.5, 0.6) is 5.75 Å². The molecule has 2 aromatic heterocycles. The molecule has 0 amide bonds. The molecule has 0 aliphatic heterocycles. The summed E-state index contributed by atoms with van der Waals surface area (Å²) in [6.45, 7) is 5.03. The maximum absolute atomic E-state index is 10.0. The van der Waals surface area contributed by atoms with Gasteiger partial charge in [-0.3, -0.25) is 0 Å². The molecule has 9 heteroatoms. The molecule has 1 aromatic carbocycles. The highest BCUT2D eigenvalue weighted by molar-refractivity contribution is 5.84. The third-order valence-electron chi connectivity index (χ3n) is 4.40. The van der Waals surface area contributed by atoms with Crippen LogP contribution in [0, 0.1) is 0 Å². The maximum Gasteiger partial charge on any atom is 0.227 e. The Balaban J connectivity index is 1.94. The highest BCUT2D eigenvalue weighted by Crippen LogP contribution is 2.24. The minimum atomic E-state index is -0.133. The number of aromatic hydroxyl groups is 1. The average molecular weight is 371 g/mol.